The molecule has 0 aliphatic carbocycles. The van der Waals surface area contributed by atoms with Crippen molar-refractivity contribution in [3.63, 3.8) is 0 Å². The Labute approximate surface area is 273 Å². The Kier molecular flexibility index (Phi) is 11.4. The molecule has 0 radical (unpaired) electrons. The first-order valence-corrected chi connectivity index (χ1v) is 16.6. The molecule has 4 aromatic carbocycles. The van der Waals surface area contributed by atoms with Crippen molar-refractivity contribution in [2.24, 2.45) is 0 Å². The molecule has 4 nitrogen and oxygen atoms in total. The number of aryl methyl sites for hydroxylation is 2. The van der Waals surface area contributed by atoms with E-state index in [9.17, 15) is 9.59 Å². The van der Waals surface area contributed by atoms with E-state index in [-0.39, 0.29) is 17.2 Å². The topological polar surface area (TPSA) is 58.2 Å². The smallest absolute Gasteiger partial charge is 0.255 e. The summed E-state index contributed by atoms with van der Waals surface area (Å²) in [6.07, 6.45) is 5.88. The third-order valence-corrected chi connectivity index (χ3v) is 9.19. The fourth-order valence-corrected chi connectivity index (χ4v) is 6.38. The summed E-state index contributed by atoms with van der Waals surface area (Å²) in [5.74, 6) is -0.243. The van der Waals surface area contributed by atoms with Crippen LogP contribution in [0.5, 0.6) is 0 Å². The average molecular weight is 705 g/mol. The number of anilines is 2. The average Bonchev–Trinajstić information content (AvgIpc) is 3.01. The van der Waals surface area contributed by atoms with Crippen LogP contribution in [0.25, 0.3) is 0 Å². The van der Waals surface area contributed by atoms with Crippen LogP contribution < -0.4 is 10.6 Å². The van der Waals surface area contributed by atoms with E-state index in [0.717, 1.165) is 81.1 Å². The van der Waals surface area contributed by atoms with E-state index >= 15 is 0 Å². The quantitative estimate of drug-likeness (QED) is 0.154. The zero-order valence-corrected chi connectivity index (χ0v) is 28.6. The normalized spacial score (nSPS) is 11.3. The van der Waals surface area contributed by atoms with Gasteiger partial charge in [0.15, 0.2) is 0 Å². The molecule has 0 saturated carbocycles. The van der Waals surface area contributed by atoms with Gasteiger partial charge in [-0.15, -0.1) is 0 Å². The van der Waals surface area contributed by atoms with E-state index in [4.69, 9.17) is 0 Å². The van der Waals surface area contributed by atoms with E-state index in [0.29, 0.717) is 11.1 Å². The molecule has 2 amide bonds. The summed E-state index contributed by atoms with van der Waals surface area (Å²) < 4.78 is 1.73. The van der Waals surface area contributed by atoms with Crippen molar-refractivity contribution in [3.05, 3.63) is 127 Å². The standard InChI is InChI=1S/C37H40Br2N2O2/c1-5-7-15-27-21-29(23-31(38)33(27)40-35(42)25-17-11-9-12-18-25)37(3,4)30-22-28(16-8-6-2)34(32(39)24-30)41-36(43)26-19-13-10-14-20-26/h9-14,17-24H,5-8,15-16H2,1-4H3,(H,40,42)(H,41,43). The molecule has 0 aliphatic heterocycles. The molecule has 4 rings (SSSR count). The highest BCUT2D eigenvalue weighted by molar-refractivity contribution is 9.11. The van der Waals surface area contributed by atoms with Gasteiger partial charge >= 0.3 is 0 Å². The lowest BCUT2D eigenvalue weighted by Gasteiger charge is -2.30. The highest BCUT2D eigenvalue weighted by atomic mass is 79.9. The molecule has 4 aromatic rings. The largest absolute Gasteiger partial charge is 0.321 e. The number of hydrogen-bond donors (Lipinski definition) is 2. The maximum atomic E-state index is 13.1. The summed E-state index contributed by atoms with van der Waals surface area (Å²) in [4.78, 5) is 26.2. The summed E-state index contributed by atoms with van der Waals surface area (Å²) in [5.41, 5.74) is 7.08. The van der Waals surface area contributed by atoms with Crippen LogP contribution in [0.15, 0.2) is 93.9 Å². The summed E-state index contributed by atoms with van der Waals surface area (Å²) in [7, 11) is 0. The van der Waals surface area contributed by atoms with Gasteiger partial charge in [0.05, 0.1) is 11.4 Å². The van der Waals surface area contributed by atoms with Crippen LogP contribution in [0.1, 0.15) is 96.3 Å². The van der Waals surface area contributed by atoms with Gasteiger partial charge in [0.25, 0.3) is 11.8 Å². The molecule has 0 aliphatic rings. The monoisotopic (exact) mass is 702 g/mol. The van der Waals surface area contributed by atoms with Crippen LogP contribution in [0.2, 0.25) is 0 Å². The second-order valence-corrected chi connectivity index (χ2v) is 13.2. The third-order valence-electron chi connectivity index (χ3n) is 7.94. The molecular formula is C37H40Br2N2O2. The first-order chi connectivity index (χ1) is 20.6. The number of hydrogen-bond acceptors (Lipinski definition) is 2. The Bertz CT molecular complexity index is 1450. The Morgan fingerprint density at radius 3 is 1.35 bits per heavy atom. The number of nitrogens with one attached hydrogen (secondary N) is 2. The van der Waals surface area contributed by atoms with Crippen LogP contribution in [0.4, 0.5) is 11.4 Å². The van der Waals surface area contributed by atoms with Crippen molar-refractivity contribution >= 4 is 55.0 Å². The molecule has 2 N–H and O–H groups in total. The number of carbonyl (C=O) groups is 2. The third kappa shape index (κ3) is 8.04. The number of carbonyl (C=O) groups excluding carboxylic acids is 2. The second kappa shape index (κ2) is 15.0. The summed E-state index contributed by atoms with van der Waals surface area (Å²) in [6.45, 7) is 8.82. The SMILES string of the molecule is CCCCc1cc(C(C)(C)c2cc(Br)c(NC(=O)c3ccccc3)c(CCCC)c2)cc(Br)c1NC(=O)c1ccccc1. The van der Waals surface area contributed by atoms with E-state index in [1.54, 1.807) is 0 Å². The number of amides is 2. The van der Waals surface area contributed by atoms with Gasteiger partial charge in [-0.05, 0) is 116 Å². The lowest BCUT2D eigenvalue weighted by Crippen LogP contribution is -2.22. The number of halogens is 2. The Morgan fingerprint density at radius 2 is 1.00 bits per heavy atom. The van der Waals surface area contributed by atoms with Gasteiger partial charge in [-0.3, -0.25) is 9.59 Å². The molecule has 0 heterocycles. The van der Waals surface area contributed by atoms with E-state index in [1.807, 2.05) is 60.7 Å². The Morgan fingerprint density at radius 1 is 0.628 bits per heavy atom. The summed E-state index contributed by atoms with van der Waals surface area (Å²) >= 11 is 7.62. The minimum atomic E-state index is -0.350. The Balaban J connectivity index is 1.72. The van der Waals surface area contributed by atoms with Crippen LogP contribution >= 0.6 is 31.9 Å². The van der Waals surface area contributed by atoms with Gasteiger partial charge in [-0.2, -0.15) is 0 Å². The minimum Gasteiger partial charge on any atom is -0.321 e. The molecule has 0 atom stereocenters. The zero-order chi connectivity index (χ0) is 31.0. The van der Waals surface area contributed by atoms with E-state index in [2.05, 4.69) is 94.5 Å². The molecule has 0 saturated heterocycles. The molecule has 0 unspecified atom stereocenters. The van der Waals surface area contributed by atoms with Gasteiger partial charge < -0.3 is 10.6 Å². The van der Waals surface area contributed by atoms with Gasteiger partial charge in [0, 0.05) is 25.5 Å². The van der Waals surface area contributed by atoms with Crippen molar-refractivity contribution in [1.29, 1.82) is 0 Å². The molecule has 6 heteroatoms. The van der Waals surface area contributed by atoms with E-state index in [1.165, 1.54) is 0 Å². The first-order valence-electron chi connectivity index (χ1n) is 15.0. The molecule has 0 fully saturated rings. The maximum Gasteiger partial charge on any atom is 0.255 e. The Hall–Kier alpha value is -3.22. The predicted molar refractivity (Wildman–Crippen MR) is 186 cm³/mol. The molecule has 224 valence electrons. The number of rotatable bonds is 12. The molecule has 0 bridgehead atoms. The highest BCUT2D eigenvalue weighted by Crippen LogP contribution is 2.41. The lowest BCUT2D eigenvalue weighted by molar-refractivity contribution is 0.101. The fraction of sp³-hybridized carbons (Fsp3) is 0.297. The molecule has 0 aromatic heterocycles. The highest BCUT2D eigenvalue weighted by Gasteiger charge is 2.28. The van der Waals surface area contributed by atoms with Crippen molar-refractivity contribution < 1.29 is 9.59 Å². The molecule has 0 spiro atoms. The van der Waals surface area contributed by atoms with Gasteiger partial charge in [0.1, 0.15) is 0 Å². The number of unbranched alkanes of at least 4 members (excludes halogenated alkanes) is 2. The van der Waals surface area contributed by atoms with Crippen molar-refractivity contribution in [2.75, 3.05) is 10.6 Å². The van der Waals surface area contributed by atoms with Crippen molar-refractivity contribution in [3.8, 4) is 0 Å². The van der Waals surface area contributed by atoms with E-state index < -0.39 is 0 Å². The van der Waals surface area contributed by atoms with Crippen LogP contribution in [-0.4, -0.2) is 11.8 Å². The molecule has 43 heavy (non-hydrogen) atoms. The van der Waals surface area contributed by atoms with Crippen LogP contribution in [0.3, 0.4) is 0 Å². The van der Waals surface area contributed by atoms with Crippen LogP contribution in [-0.2, 0) is 18.3 Å². The lowest BCUT2D eigenvalue weighted by atomic mass is 9.76. The predicted octanol–water partition coefficient (Wildman–Crippen LogP) is 10.7. The van der Waals surface area contributed by atoms with Crippen LogP contribution in [0, 0.1) is 0 Å². The molecular weight excluding hydrogens is 664 g/mol. The van der Waals surface area contributed by atoms with Gasteiger partial charge in [0.2, 0.25) is 0 Å². The first kappa shape index (κ1) is 32.7. The van der Waals surface area contributed by atoms with Gasteiger partial charge in [-0.1, -0.05) is 89.1 Å². The second-order valence-electron chi connectivity index (χ2n) is 11.5. The van der Waals surface area contributed by atoms with Crippen molar-refractivity contribution in [1.82, 2.24) is 0 Å². The van der Waals surface area contributed by atoms with Crippen molar-refractivity contribution in [2.45, 2.75) is 71.6 Å². The zero-order valence-electron chi connectivity index (χ0n) is 25.4. The van der Waals surface area contributed by atoms with Gasteiger partial charge in [-0.25, -0.2) is 0 Å². The summed E-state index contributed by atoms with van der Waals surface area (Å²) in [5, 5.41) is 6.34. The number of benzene rings is 4. The summed E-state index contributed by atoms with van der Waals surface area (Å²) in [6, 6.07) is 27.4. The fourth-order valence-electron chi connectivity index (χ4n) is 5.17. The maximum absolute atomic E-state index is 13.1. The minimum absolute atomic E-state index is 0.122.